The Kier molecular flexibility index (Phi) is 4.66. The molecule has 4 N–H and O–H groups in total. The molecule has 0 bridgehead atoms. The van der Waals surface area contributed by atoms with Gasteiger partial charge in [0.25, 0.3) is 0 Å². The molecule has 2 amide bonds. The number of anilines is 1. The van der Waals surface area contributed by atoms with Gasteiger partial charge in [0.1, 0.15) is 0 Å². The van der Waals surface area contributed by atoms with Crippen LogP contribution in [-0.4, -0.2) is 53.1 Å². The lowest BCUT2D eigenvalue weighted by atomic mass is 9.76. The number of nitrogens with two attached hydrogens (primary N) is 1. The van der Waals surface area contributed by atoms with Gasteiger partial charge in [-0.25, -0.2) is 14.8 Å². The van der Waals surface area contributed by atoms with Gasteiger partial charge in [0.05, 0.1) is 0 Å². The molecule has 0 saturated carbocycles. The van der Waals surface area contributed by atoms with E-state index in [9.17, 15) is 4.79 Å². The fraction of sp³-hybridized carbons (Fsp3) is 0.688. The second-order valence-electron chi connectivity index (χ2n) is 6.59. The van der Waals surface area contributed by atoms with Gasteiger partial charge in [0, 0.05) is 37.6 Å². The lowest BCUT2D eigenvalue weighted by Gasteiger charge is -2.47. The summed E-state index contributed by atoms with van der Waals surface area (Å²) in [7, 11) is 1.65. The number of rotatable bonds is 3. The zero-order valence-corrected chi connectivity index (χ0v) is 13.9. The molecule has 126 valence electrons. The maximum absolute atomic E-state index is 11.7. The van der Waals surface area contributed by atoms with Crippen molar-refractivity contribution in [2.75, 3.05) is 25.9 Å². The monoisotopic (exact) mass is 318 g/mol. The average Bonchev–Trinajstić information content (AvgIpc) is 2.53. The average molecular weight is 318 g/mol. The van der Waals surface area contributed by atoms with Crippen LogP contribution < -0.4 is 16.4 Å². The van der Waals surface area contributed by atoms with Crippen LogP contribution in [0, 0.1) is 5.92 Å². The Morgan fingerprint density at radius 2 is 2.30 bits per heavy atom. The molecule has 1 fully saturated rings. The number of nitrogens with zero attached hydrogens (tertiary/aromatic N) is 3. The molecule has 0 aromatic carbocycles. The number of likely N-dealkylation sites (tertiary alicyclic amines) is 1. The lowest BCUT2D eigenvalue weighted by Crippen LogP contribution is -2.58. The summed E-state index contributed by atoms with van der Waals surface area (Å²) in [5.74, 6) is 0.850. The first-order chi connectivity index (χ1) is 11.1. The Bertz CT molecular complexity index is 578. The van der Waals surface area contributed by atoms with Gasteiger partial charge in [0.2, 0.25) is 5.95 Å². The number of urea groups is 1. The van der Waals surface area contributed by atoms with Gasteiger partial charge in [0.15, 0.2) is 0 Å². The molecule has 0 unspecified atom stereocenters. The molecule has 1 aliphatic heterocycles. The van der Waals surface area contributed by atoms with Crippen molar-refractivity contribution in [1.82, 2.24) is 25.5 Å². The third-order valence-electron chi connectivity index (χ3n) is 4.99. The lowest BCUT2D eigenvalue weighted by molar-refractivity contribution is 0.0645. The third-order valence-corrected chi connectivity index (χ3v) is 4.99. The van der Waals surface area contributed by atoms with Crippen molar-refractivity contribution >= 4 is 12.0 Å². The number of nitrogens with one attached hydrogen (secondary N) is 2. The molecule has 3 atom stereocenters. The van der Waals surface area contributed by atoms with Crippen LogP contribution >= 0.6 is 0 Å². The molecule has 1 aromatic rings. The highest BCUT2D eigenvalue weighted by Gasteiger charge is 2.39. The molecule has 23 heavy (non-hydrogen) atoms. The van der Waals surface area contributed by atoms with Gasteiger partial charge in [-0.1, -0.05) is 6.92 Å². The number of amides is 2. The molecular formula is C16H26N6O. The highest BCUT2D eigenvalue weighted by Crippen LogP contribution is 2.34. The van der Waals surface area contributed by atoms with Crippen molar-refractivity contribution in [2.24, 2.45) is 5.92 Å². The SMILES string of the molecule is CCCN1C[C@@H](NC(=O)NC)C[C@@H]2Cc3nc(N)ncc3C[C@H]21. The quantitative estimate of drug-likeness (QED) is 0.756. The number of hydrogen-bond donors (Lipinski definition) is 3. The second-order valence-corrected chi connectivity index (χ2v) is 6.59. The Morgan fingerprint density at radius 3 is 3.04 bits per heavy atom. The summed E-state index contributed by atoms with van der Waals surface area (Å²) >= 11 is 0. The number of hydrogen-bond acceptors (Lipinski definition) is 5. The summed E-state index contributed by atoms with van der Waals surface area (Å²) < 4.78 is 0. The van der Waals surface area contributed by atoms with E-state index in [1.54, 1.807) is 7.05 Å². The molecular weight excluding hydrogens is 292 g/mol. The largest absolute Gasteiger partial charge is 0.368 e. The number of carbonyl (C=O) groups is 1. The zero-order chi connectivity index (χ0) is 16.4. The minimum Gasteiger partial charge on any atom is -0.368 e. The standard InChI is InChI=1S/C16H26N6O/c1-3-4-22-9-12(20-16(23)18-2)5-10-6-13-11(7-14(10)22)8-19-15(17)21-13/h8,10,12,14H,3-7,9H2,1-2H3,(H2,17,19,21)(H2,18,20,23)/t10-,12+,14-/m1/s1. The summed E-state index contributed by atoms with van der Waals surface area (Å²) in [6.45, 7) is 4.16. The number of fused-ring (bicyclic) bond motifs is 2. The smallest absolute Gasteiger partial charge is 0.314 e. The van der Waals surface area contributed by atoms with Crippen molar-refractivity contribution in [1.29, 1.82) is 0 Å². The van der Waals surface area contributed by atoms with Gasteiger partial charge >= 0.3 is 6.03 Å². The van der Waals surface area contributed by atoms with Crippen LogP contribution in [0.3, 0.4) is 0 Å². The van der Waals surface area contributed by atoms with E-state index in [2.05, 4.69) is 32.4 Å². The van der Waals surface area contributed by atoms with Crippen molar-refractivity contribution in [2.45, 2.75) is 44.7 Å². The molecule has 1 saturated heterocycles. The maximum atomic E-state index is 11.7. The molecule has 7 nitrogen and oxygen atoms in total. The predicted octanol–water partition coefficient (Wildman–Crippen LogP) is 0.556. The Labute approximate surface area is 137 Å². The number of piperidine rings is 1. The normalized spacial score (nSPS) is 27.0. The minimum atomic E-state index is -0.104. The van der Waals surface area contributed by atoms with E-state index >= 15 is 0 Å². The van der Waals surface area contributed by atoms with E-state index in [4.69, 9.17) is 5.73 Å². The van der Waals surface area contributed by atoms with Crippen molar-refractivity contribution in [3.8, 4) is 0 Å². The van der Waals surface area contributed by atoms with E-state index < -0.39 is 0 Å². The molecule has 1 aliphatic carbocycles. The zero-order valence-electron chi connectivity index (χ0n) is 13.9. The minimum absolute atomic E-state index is 0.104. The van der Waals surface area contributed by atoms with Gasteiger partial charge < -0.3 is 16.4 Å². The van der Waals surface area contributed by atoms with Crippen LogP contribution in [0.25, 0.3) is 0 Å². The third kappa shape index (κ3) is 3.39. The first kappa shape index (κ1) is 16.0. The molecule has 2 aliphatic rings. The second kappa shape index (κ2) is 6.70. The summed E-state index contributed by atoms with van der Waals surface area (Å²) in [5.41, 5.74) is 8.04. The van der Waals surface area contributed by atoms with Crippen LogP contribution in [0.1, 0.15) is 31.0 Å². The molecule has 0 radical (unpaired) electrons. The summed E-state index contributed by atoms with van der Waals surface area (Å²) in [5, 5.41) is 5.72. The highest BCUT2D eigenvalue weighted by molar-refractivity contribution is 5.73. The molecule has 1 aromatic heterocycles. The maximum Gasteiger partial charge on any atom is 0.314 e. The van der Waals surface area contributed by atoms with Crippen LogP contribution in [-0.2, 0) is 12.8 Å². The van der Waals surface area contributed by atoms with E-state index in [-0.39, 0.29) is 12.1 Å². The summed E-state index contributed by atoms with van der Waals surface area (Å²) in [6.07, 6.45) is 5.88. The van der Waals surface area contributed by atoms with Crippen molar-refractivity contribution < 1.29 is 4.79 Å². The summed E-state index contributed by atoms with van der Waals surface area (Å²) in [4.78, 5) is 22.8. The van der Waals surface area contributed by atoms with Gasteiger partial charge in [-0.3, -0.25) is 4.90 Å². The van der Waals surface area contributed by atoms with E-state index in [0.29, 0.717) is 17.9 Å². The number of carbonyl (C=O) groups excluding carboxylic acids is 1. The van der Waals surface area contributed by atoms with Crippen LogP contribution in [0.15, 0.2) is 6.20 Å². The topological polar surface area (TPSA) is 96.2 Å². The first-order valence-electron chi connectivity index (χ1n) is 8.43. The Morgan fingerprint density at radius 1 is 1.48 bits per heavy atom. The van der Waals surface area contributed by atoms with Crippen LogP contribution in [0.5, 0.6) is 0 Å². The van der Waals surface area contributed by atoms with E-state index in [1.807, 2.05) is 6.20 Å². The molecule has 3 rings (SSSR count). The predicted molar refractivity (Wildman–Crippen MR) is 89.0 cm³/mol. The number of aromatic nitrogens is 2. The molecule has 0 spiro atoms. The van der Waals surface area contributed by atoms with Crippen molar-refractivity contribution in [3.63, 3.8) is 0 Å². The Balaban J connectivity index is 1.80. The van der Waals surface area contributed by atoms with Crippen molar-refractivity contribution in [3.05, 3.63) is 17.5 Å². The number of nitrogen functional groups attached to an aromatic ring is 1. The van der Waals surface area contributed by atoms with Gasteiger partial charge in [-0.15, -0.1) is 0 Å². The fourth-order valence-electron chi connectivity index (χ4n) is 4.01. The highest BCUT2D eigenvalue weighted by atomic mass is 16.2. The van der Waals surface area contributed by atoms with Gasteiger partial charge in [-0.2, -0.15) is 0 Å². The fourth-order valence-corrected chi connectivity index (χ4v) is 4.01. The summed E-state index contributed by atoms with van der Waals surface area (Å²) in [6, 6.07) is 0.591. The Hall–Kier alpha value is -1.89. The van der Waals surface area contributed by atoms with E-state index in [1.165, 1.54) is 5.56 Å². The first-order valence-corrected chi connectivity index (χ1v) is 8.43. The van der Waals surface area contributed by atoms with Crippen LogP contribution in [0.4, 0.5) is 10.7 Å². The van der Waals surface area contributed by atoms with Crippen LogP contribution in [0.2, 0.25) is 0 Å². The van der Waals surface area contributed by atoms with E-state index in [0.717, 1.165) is 44.5 Å². The van der Waals surface area contributed by atoms with Gasteiger partial charge in [-0.05, 0) is 43.7 Å². The molecule has 7 heteroatoms. The molecule has 2 heterocycles.